The summed E-state index contributed by atoms with van der Waals surface area (Å²) >= 11 is 0. The summed E-state index contributed by atoms with van der Waals surface area (Å²) in [5.74, 6) is 1.84. The second-order valence-corrected chi connectivity index (χ2v) is 5.14. The Morgan fingerprint density at radius 1 is 1.06 bits per heavy atom. The summed E-state index contributed by atoms with van der Waals surface area (Å²) < 4.78 is 5.91. The van der Waals surface area contributed by atoms with E-state index in [4.69, 9.17) is 4.74 Å². The van der Waals surface area contributed by atoms with E-state index in [1.54, 1.807) is 0 Å². The molecule has 1 nitrogen and oxygen atoms in total. The second kappa shape index (κ2) is 4.90. The van der Waals surface area contributed by atoms with E-state index in [1.165, 1.54) is 42.4 Å². The predicted octanol–water partition coefficient (Wildman–Crippen LogP) is 4.18. The Bertz CT molecular complexity index is 339. The zero-order valence-corrected chi connectivity index (χ0v) is 10.7. The molecular weight excluding hydrogens is 196 g/mol. The van der Waals surface area contributed by atoms with E-state index in [1.807, 2.05) is 0 Å². The molecule has 1 aromatic rings. The first-order valence-corrected chi connectivity index (χ1v) is 6.37. The number of hydrogen-bond donors (Lipinski definition) is 0. The molecule has 2 rings (SSSR count). The lowest BCUT2D eigenvalue weighted by Gasteiger charge is -2.14. The van der Waals surface area contributed by atoms with Crippen molar-refractivity contribution in [3.63, 3.8) is 0 Å². The van der Waals surface area contributed by atoms with Crippen LogP contribution in [0.5, 0.6) is 5.75 Å². The molecule has 16 heavy (non-hydrogen) atoms. The zero-order valence-electron chi connectivity index (χ0n) is 10.7. The average molecular weight is 218 g/mol. The highest BCUT2D eigenvalue weighted by Gasteiger charge is 2.15. The molecule has 1 fully saturated rings. The van der Waals surface area contributed by atoms with Crippen LogP contribution in [0.15, 0.2) is 12.1 Å². The summed E-state index contributed by atoms with van der Waals surface area (Å²) in [5, 5.41) is 0. The molecule has 0 aromatic heterocycles. The van der Waals surface area contributed by atoms with Crippen molar-refractivity contribution in [2.45, 2.75) is 46.5 Å². The van der Waals surface area contributed by atoms with Gasteiger partial charge in [0.25, 0.3) is 0 Å². The van der Waals surface area contributed by atoms with Gasteiger partial charge in [-0.2, -0.15) is 0 Å². The van der Waals surface area contributed by atoms with Gasteiger partial charge in [-0.3, -0.25) is 0 Å². The van der Waals surface area contributed by atoms with Crippen LogP contribution in [0.2, 0.25) is 0 Å². The molecule has 0 aliphatic heterocycles. The summed E-state index contributed by atoms with van der Waals surface area (Å²) in [7, 11) is 0. The van der Waals surface area contributed by atoms with Crippen LogP contribution >= 0.6 is 0 Å². The first-order chi connectivity index (χ1) is 7.66. The van der Waals surface area contributed by atoms with E-state index in [0.29, 0.717) is 0 Å². The fourth-order valence-electron chi connectivity index (χ4n) is 2.47. The molecule has 88 valence electrons. The van der Waals surface area contributed by atoms with Crippen molar-refractivity contribution < 1.29 is 4.74 Å². The molecule has 0 saturated heterocycles. The number of aryl methyl sites for hydroxylation is 2. The molecule has 1 aliphatic carbocycles. The molecule has 1 saturated carbocycles. The molecule has 0 bridgehead atoms. The molecule has 0 heterocycles. The third-order valence-corrected chi connectivity index (χ3v) is 3.86. The Morgan fingerprint density at radius 3 is 2.19 bits per heavy atom. The van der Waals surface area contributed by atoms with Crippen LogP contribution < -0.4 is 4.74 Å². The van der Waals surface area contributed by atoms with Gasteiger partial charge in [0, 0.05) is 0 Å². The van der Waals surface area contributed by atoms with Gasteiger partial charge in [0.15, 0.2) is 0 Å². The molecular formula is C15H22O. The second-order valence-electron chi connectivity index (χ2n) is 5.14. The van der Waals surface area contributed by atoms with E-state index in [-0.39, 0.29) is 0 Å². The highest BCUT2D eigenvalue weighted by Crippen LogP contribution is 2.27. The number of benzene rings is 1. The smallest absolute Gasteiger partial charge is 0.119 e. The Labute approximate surface area is 98.8 Å². The normalized spacial score (nSPS) is 16.7. The Hall–Kier alpha value is -0.980. The topological polar surface area (TPSA) is 9.23 Å². The first-order valence-electron chi connectivity index (χ1n) is 6.37. The van der Waals surface area contributed by atoms with Gasteiger partial charge < -0.3 is 4.74 Å². The van der Waals surface area contributed by atoms with E-state index in [9.17, 15) is 0 Å². The quantitative estimate of drug-likeness (QED) is 0.739. The molecule has 0 unspecified atom stereocenters. The molecule has 1 aromatic carbocycles. The van der Waals surface area contributed by atoms with Crippen LogP contribution in [0, 0.1) is 26.7 Å². The number of ether oxygens (including phenoxy) is 1. The van der Waals surface area contributed by atoms with Crippen molar-refractivity contribution >= 4 is 0 Å². The maximum atomic E-state index is 5.91. The summed E-state index contributed by atoms with van der Waals surface area (Å²) in [4.78, 5) is 0. The molecule has 0 N–H and O–H groups in total. The highest BCUT2D eigenvalue weighted by molar-refractivity contribution is 5.40. The van der Waals surface area contributed by atoms with Gasteiger partial charge in [0.2, 0.25) is 0 Å². The molecule has 1 aliphatic rings. The van der Waals surface area contributed by atoms with E-state index < -0.39 is 0 Å². The molecule has 0 spiro atoms. The molecule has 0 radical (unpaired) electrons. The largest absolute Gasteiger partial charge is 0.493 e. The van der Waals surface area contributed by atoms with E-state index >= 15 is 0 Å². The third kappa shape index (κ3) is 2.58. The Kier molecular flexibility index (Phi) is 3.52. The fraction of sp³-hybridized carbons (Fsp3) is 0.600. The third-order valence-electron chi connectivity index (χ3n) is 3.86. The van der Waals surface area contributed by atoms with Crippen LogP contribution in [0.1, 0.15) is 42.4 Å². The van der Waals surface area contributed by atoms with Crippen molar-refractivity contribution in [2.75, 3.05) is 6.61 Å². The van der Waals surface area contributed by atoms with Crippen LogP contribution in [0.4, 0.5) is 0 Å². The summed E-state index contributed by atoms with van der Waals surface area (Å²) in [6.45, 7) is 7.39. The molecule has 1 heteroatoms. The zero-order chi connectivity index (χ0) is 11.5. The van der Waals surface area contributed by atoms with Crippen LogP contribution in [-0.4, -0.2) is 6.61 Å². The number of rotatable bonds is 3. The van der Waals surface area contributed by atoms with Gasteiger partial charge >= 0.3 is 0 Å². The lowest BCUT2D eigenvalue weighted by molar-refractivity contribution is 0.252. The minimum atomic E-state index is 0.793. The highest BCUT2D eigenvalue weighted by atomic mass is 16.5. The fourth-order valence-corrected chi connectivity index (χ4v) is 2.47. The maximum absolute atomic E-state index is 5.91. The first kappa shape index (κ1) is 11.5. The van der Waals surface area contributed by atoms with Crippen LogP contribution in [0.25, 0.3) is 0 Å². The van der Waals surface area contributed by atoms with E-state index in [0.717, 1.165) is 18.3 Å². The molecule has 0 amide bonds. The van der Waals surface area contributed by atoms with Gasteiger partial charge in [-0.05, 0) is 68.4 Å². The van der Waals surface area contributed by atoms with Crippen molar-refractivity contribution in [2.24, 2.45) is 5.92 Å². The lowest BCUT2D eigenvalue weighted by Crippen LogP contribution is -2.08. The van der Waals surface area contributed by atoms with Gasteiger partial charge in [-0.15, -0.1) is 0 Å². The summed E-state index contributed by atoms with van der Waals surface area (Å²) in [5.41, 5.74) is 4.05. The average Bonchev–Trinajstić information content (AvgIpc) is 2.75. The van der Waals surface area contributed by atoms with Gasteiger partial charge in [-0.1, -0.05) is 12.8 Å². The minimum Gasteiger partial charge on any atom is -0.493 e. The van der Waals surface area contributed by atoms with Gasteiger partial charge in [-0.25, -0.2) is 0 Å². The van der Waals surface area contributed by atoms with Crippen molar-refractivity contribution in [3.05, 3.63) is 28.8 Å². The van der Waals surface area contributed by atoms with Crippen molar-refractivity contribution in [1.29, 1.82) is 0 Å². The standard InChI is InChI=1S/C15H22O/c1-11-8-15(9-12(2)13(11)3)16-10-14-6-4-5-7-14/h8-9,14H,4-7,10H2,1-3H3. The Morgan fingerprint density at radius 2 is 1.62 bits per heavy atom. The van der Waals surface area contributed by atoms with E-state index in [2.05, 4.69) is 32.9 Å². The monoisotopic (exact) mass is 218 g/mol. The van der Waals surface area contributed by atoms with Crippen molar-refractivity contribution in [3.8, 4) is 5.75 Å². The summed E-state index contributed by atoms with van der Waals surface area (Å²) in [6.07, 6.45) is 5.48. The van der Waals surface area contributed by atoms with Crippen LogP contribution in [0.3, 0.4) is 0 Å². The predicted molar refractivity (Wildman–Crippen MR) is 68.1 cm³/mol. The maximum Gasteiger partial charge on any atom is 0.119 e. The van der Waals surface area contributed by atoms with Gasteiger partial charge in [0.05, 0.1) is 6.61 Å². The summed E-state index contributed by atoms with van der Waals surface area (Å²) in [6, 6.07) is 4.33. The number of hydrogen-bond acceptors (Lipinski definition) is 1. The minimum absolute atomic E-state index is 0.793. The molecule has 0 atom stereocenters. The lowest BCUT2D eigenvalue weighted by atomic mass is 10.0. The Balaban J connectivity index is 1.98. The SMILES string of the molecule is Cc1cc(OCC2CCCC2)cc(C)c1C. The van der Waals surface area contributed by atoms with Crippen LogP contribution in [-0.2, 0) is 0 Å². The van der Waals surface area contributed by atoms with Crippen molar-refractivity contribution in [1.82, 2.24) is 0 Å². The van der Waals surface area contributed by atoms with Gasteiger partial charge in [0.1, 0.15) is 5.75 Å².